The van der Waals surface area contributed by atoms with E-state index in [0.717, 1.165) is 47.8 Å². The number of esters is 1. The lowest BCUT2D eigenvalue weighted by Gasteiger charge is -2.32. The highest BCUT2D eigenvalue weighted by atomic mass is 32.2. The van der Waals surface area contributed by atoms with Crippen molar-refractivity contribution in [2.24, 2.45) is 0 Å². The van der Waals surface area contributed by atoms with Crippen molar-refractivity contribution in [3.8, 4) is 0 Å². The summed E-state index contributed by atoms with van der Waals surface area (Å²) in [5.74, 6) is -0.396. The second-order valence-electron chi connectivity index (χ2n) is 7.53. The number of H-pyrrole nitrogens is 1. The van der Waals surface area contributed by atoms with Crippen molar-refractivity contribution in [3.05, 3.63) is 35.0 Å². The van der Waals surface area contributed by atoms with Gasteiger partial charge in [0, 0.05) is 49.2 Å². The number of methoxy groups -OCH3 is 1. The van der Waals surface area contributed by atoms with Gasteiger partial charge in [0.25, 0.3) is 10.2 Å². The van der Waals surface area contributed by atoms with E-state index in [1.807, 2.05) is 6.07 Å². The van der Waals surface area contributed by atoms with Crippen LogP contribution < -0.4 is 0 Å². The molecule has 0 saturated heterocycles. The highest BCUT2D eigenvalue weighted by Gasteiger charge is 2.33. The summed E-state index contributed by atoms with van der Waals surface area (Å²) in [6, 6.07) is 5.37. The molecule has 8 heteroatoms. The predicted molar refractivity (Wildman–Crippen MR) is 114 cm³/mol. The fourth-order valence-corrected chi connectivity index (χ4v) is 5.47. The Balaban J connectivity index is 1.90. The van der Waals surface area contributed by atoms with Gasteiger partial charge in [0.1, 0.15) is 0 Å². The molecule has 0 saturated carbocycles. The normalized spacial score (nSPS) is 15.0. The standard InChI is InChI=1S/C21H31N3O4S/c1-4-6-11-23(12-7-5-2)29(26,27)24-13-10-20-18(15-24)17-14-16(21(25)28-3)8-9-19(17)22-20/h8-9,14,22H,4-7,10-13,15H2,1-3H3. The van der Waals surface area contributed by atoms with E-state index in [2.05, 4.69) is 18.8 Å². The maximum atomic E-state index is 13.4. The molecule has 29 heavy (non-hydrogen) atoms. The van der Waals surface area contributed by atoms with Gasteiger partial charge in [-0.15, -0.1) is 0 Å². The van der Waals surface area contributed by atoms with Crippen LogP contribution in [0.1, 0.15) is 61.1 Å². The monoisotopic (exact) mass is 421 g/mol. The molecule has 0 radical (unpaired) electrons. The SMILES string of the molecule is CCCCN(CCCC)S(=O)(=O)N1CCc2[nH]c3ccc(C(=O)OC)cc3c2C1. The molecular weight excluding hydrogens is 390 g/mol. The summed E-state index contributed by atoms with van der Waals surface area (Å²) in [4.78, 5) is 15.3. The van der Waals surface area contributed by atoms with Crippen LogP contribution in [0.2, 0.25) is 0 Å². The largest absolute Gasteiger partial charge is 0.465 e. The molecule has 7 nitrogen and oxygen atoms in total. The lowest BCUT2D eigenvalue weighted by molar-refractivity contribution is 0.0601. The van der Waals surface area contributed by atoms with Gasteiger partial charge >= 0.3 is 5.97 Å². The van der Waals surface area contributed by atoms with E-state index in [1.165, 1.54) is 7.11 Å². The molecule has 2 heterocycles. The van der Waals surface area contributed by atoms with E-state index in [0.29, 0.717) is 38.2 Å². The Morgan fingerprint density at radius 1 is 1.21 bits per heavy atom. The van der Waals surface area contributed by atoms with E-state index in [4.69, 9.17) is 4.74 Å². The lowest BCUT2D eigenvalue weighted by Crippen LogP contribution is -2.46. The molecule has 1 N–H and O–H groups in total. The van der Waals surface area contributed by atoms with E-state index >= 15 is 0 Å². The topological polar surface area (TPSA) is 82.7 Å². The Hall–Kier alpha value is -1.90. The van der Waals surface area contributed by atoms with Crippen molar-refractivity contribution in [1.82, 2.24) is 13.6 Å². The number of hydrogen-bond donors (Lipinski definition) is 1. The van der Waals surface area contributed by atoms with Crippen LogP contribution in [0.4, 0.5) is 0 Å². The van der Waals surface area contributed by atoms with Crippen LogP contribution in [0.25, 0.3) is 10.9 Å². The average molecular weight is 422 g/mol. The molecule has 1 aliphatic rings. The number of ether oxygens (including phenoxy) is 1. The molecular formula is C21H31N3O4S. The van der Waals surface area contributed by atoms with Gasteiger partial charge < -0.3 is 9.72 Å². The Bertz CT molecular complexity index is 960. The lowest BCUT2D eigenvalue weighted by atomic mass is 10.0. The molecule has 160 valence electrons. The molecule has 0 aliphatic carbocycles. The zero-order valence-corrected chi connectivity index (χ0v) is 18.3. The van der Waals surface area contributed by atoms with Gasteiger partial charge in [0.15, 0.2) is 0 Å². The van der Waals surface area contributed by atoms with E-state index in [9.17, 15) is 13.2 Å². The smallest absolute Gasteiger partial charge is 0.337 e. The van der Waals surface area contributed by atoms with Crippen LogP contribution in [0.3, 0.4) is 0 Å². The summed E-state index contributed by atoms with van der Waals surface area (Å²) in [7, 11) is -2.17. The molecule has 0 bridgehead atoms. The number of carbonyl (C=O) groups is 1. The molecule has 0 unspecified atom stereocenters. The Labute approximate surface area is 173 Å². The summed E-state index contributed by atoms with van der Waals surface area (Å²) in [6.07, 6.45) is 4.27. The maximum Gasteiger partial charge on any atom is 0.337 e. The second kappa shape index (κ2) is 9.28. The van der Waals surface area contributed by atoms with Gasteiger partial charge in [0.2, 0.25) is 0 Å². The first-order chi connectivity index (χ1) is 13.9. The number of carbonyl (C=O) groups excluding carboxylic acids is 1. The van der Waals surface area contributed by atoms with Crippen LogP contribution in [-0.2, 0) is 27.9 Å². The molecule has 0 fully saturated rings. The number of fused-ring (bicyclic) bond motifs is 3. The van der Waals surface area contributed by atoms with Crippen LogP contribution in [-0.4, -0.2) is 54.7 Å². The molecule has 2 aromatic rings. The van der Waals surface area contributed by atoms with Gasteiger partial charge in [-0.1, -0.05) is 26.7 Å². The Kier molecular flexibility index (Phi) is 6.97. The van der Waals surface area contributed by atoms with E-state index < -0.39 is 16.2 Å². The van der Waals surface area contributed by atoms with Crippen LogP contribution in [0.15, 0.2) is 18.2 Å². The highest BCUT2D eigenvalue weighted by molar-refractivity contribution is 7.86. The van der Waals surface area contributed by atoms with Gasteiger partial charge in [-0.05, 0) is 36.6 Å². The van der Waals surface area contributed by atoms with Gasteiger partial charge in [-0.3, -0.25) is 0 Å². The Morgan fingerprint density at radius 3 is 2.52 bits per heavy atom. The Morgan fingerprint density at radius 2 is 1.90 bits per heavy atom. The van der Waals surface area contributed by atoms with Gasteiger partial charge in [0.05, 0.1) is 12.7 Å². The number of rotatable bonds is 9. The van der Waals surface area contributed by atoms with Crippen molar-refractivity contribution >= 4 is 27.1 Å². The number of hydrogen-bond acceptors (Lipinski definition) is 4. The number of nitrogens with zero attached hydrogens (tertiary/aromatic N) is 2. The molecule has 1 aliphatic heterocycles. The van der Waals surface area contributed by atoms with Crippen molar-refractivity contribution in [1.29, 1.82) is 0 Å². The second-order valence-corrected chi connectivity index (χ2v) is 9.46. The minimum atomic E-state index is -3.53. The maximum absolute atomic E-state index is 13.4. The summed E-state index contributed by atoms with van der Waals surface area (Å²) in [5.41, 5.74) is 3.37. The first-order valence-electron chi connectivity index (χ1n) is 10.4. The number of aromatic nitrogens is 1. The molecule has 0 spiro atoms. The number of benzene rings is 1. The molecule has 0 amide bonds. The zero-order valence-electron chi connectivity index (χ0n) is 17.5. The van der Waals surface area contributed by atoms with Crippen molar-refractivity contribution in [2.45, 2.75) is 52.5 Å². The fourth-order valence-electron chi connectivity index (χ4n) is 3.81. The third-order valence-corrected chi connectivity index (χ3v) is 7.52. The van der Waals surface area contributed by atoms with Crippen LogP contribution in [0, 0.1) is 0 Å². The third kappa shape index (κ3) is 4.49. The molecule has 0 atom stereocenters. The first-order valence-corrected chi connectivity index (χ1v) is 11.8. The predicted octanol–water partition coefficient (Wildman–Crippen LogP) is 3.46. The van der Waals surface area contributed by atoms with Crippen molar-refractivity contribution in [3.63, 3.8) is 0 Å². The summed E-state index contributed by atoms with van der Waals surface area (Å²) >= 11 is 0. The molecule has 1 aromatic heterocycles. The minimum Gasteiger partial charge on any atom is -0.465 e. The fraction of sp³-hybridized carbons (Fsp3) is 0.571. The molecule has 3 rings (SSSR count). The third-order valence-electron chi connectivity index (χ3n) is 5.54. The highest BCUT2D eigenvalue weighted by Crippen LogP contribution is 2.30. The van der Waals surface area contributed by atoms with E-state index in [-0.39, 0.29) is 0 Å². The van der Waals surface area contributed by atoms with Gasteiger partial charge in [-0.2, -0.15) is 17.0 Å². The zero-order chi connectivity index (χ0) is 21.0. The summed E-state index contributed by atoms with van der Waals surface area (Å²) in [5, 5.41) is 0.886. The average Bonchev–Trinajstić information content (AvgIpc) is 3.10. The van der Waals surface area contributed by atoms with Crippen LogP contribution in [0.5, 0.6) is 0 Å². The summed E-state index contributed by atoms with van der Waals surface area (Å²) in [6.45, 7) is 6.04. The summed E-state index contributed by atoms with van der Waals surface area (Å²) < 4.78 is 34.8. The number of aromatic amines is 1. The van der Waals surface area contributed by atoms with E-state index in [1.54, 1.807) is 20.7 Å². The molecule has 1 aromatic carbocycles. The quantitative estimate of drug-likeness (QED) is 0.629. The van der Waals surface area contributed by atoms with Crippen molar-refractivity contribution in [2.75, 3.05) is 26.7 Å². The number of unbranched alkanes of at least 4 members (excludes halogenated alkanes) is 2. The first kappa shape index (κ1) is 21.8. The number of nitrogens with one attached hydrogen (secondary N) is 1. The minimum absolute atomic E-state index is 0.317. The van der Waals surface area contributed by atoms with Crippen LogP contribution >= 0.6 is 0 Å². The van der Waals surface area contributed by atoms with Crippen molar-refractivity contribution < 1.29 is 17.9 Å². The van der Waals surface area contributed by atoms with Gasteiger partial charge in [-0.25, -0.2) is 4.79 Å².